The molecule has 3 rings (SSSR count). The van der Waals surface area contributed by atoms with Crippen LogP contribution in [0.2, 0.25) is 0 Å². The fourth-order valence-electron chi connectivity index (χ4n) is 2.96. The van der Waals surface area contributed by atoms with E-state index in [1.165, 1.54) is 0 Å². The van der Waals surface area contributed by atoms with E-state index in [0.717, 1.165) is 24.5 Å². The summed E-state index contributed by atoms with van der Waals surface area (Å²) in [7, 11) is 3.20. The molecule has 2 heterocycles. The van der Waals surface area contributed by atoms with Gasteiger partial charge in [-0.15, -0.1) is 0 Å². The van der Waals surface area contributed by atoms with Crippen molar-refractivity contribution in [2.45, 2.75) is 6.54 Å². The predicted octanol–water partition coefficient (Wildman–Crippen LogP) is 2.13. The second kappa shape index (κ2) is 8.42. The number of methoxy groups -OCH3 is 2. The summed E-state index contributed by atoms with van der Waals surface area (Å²) in [5, 5.41) is 2.97. The van der Waals surface area contributed by atoms with E-state index in [1.54, 1.807) is 20.4 Å². The van der Waals surface area contributed by atoms with Crippen LogP contribution in [0.25, 0.3) is 0 Å². The van der Waals surface area contributed by atoms with Crippen LogP contribution in [0, 0.1) is 0 Å². The number of hydrogen-bond donors (Lipinski definition) is 1. The van der Waals surface area contributed by atoms with E-state index in [9.17, 15) is 4.79 Å². The molecule has 1 saturated heterocycles. The Morgan fingerprint density at radius 3 is 2.50 bits per heavy atom. The van der Waals surface area contributed by atoms with Gasteiger partial charge in [-0.25, -0.2) is 9.78 Å². The molecule has 0 aliphatic carbocycles. The first-order valence-electron chi connectivity index (χ1n) is 8.61. The number of rotatable bonds is 5. The van der Waals surface area contributed by atoms with Gasteiger partial charge in [-0.05, 0) is 29.8 Å². The van der Waals surface area contributed by atoms with E-state index in [2.05, 4.69) is 15.2 Å². The van der Waals surface area contributed by atoms with Crippen molar-refractivity contribution in [2.24, 2.45) is 0 Å². The Labute approximate surface area is 153 Å². The molecule has 138 valence electrons. The summed E-state index contributed by atoms with van der Waals surface area (Å²) in [5.74, 6) is 2.29. The van der Waals surface area contributed by atoms with Crippen LogP contribution >= 0.6 is 0 Å². The Bertz CT molecular complexity index is 731. The van der Waals surface area contributed by atoms with Crippen molar-refractivity contribution in [1.29, 1.82) is 0 Å². The molecular weight excluding hydrogens is 332 g/mol. The van der Waals surface area contributed by atoms with Crippen LogP contribution in [0.5, 0.6) is 11.5 Å². The molecule has 0 unspecified atom stereocenters. The first-order chi connectivity index (χ1) is 12.7. The molecule has 1 aliphatic heterocycles. The van der Waals surface area contributed by atoms with Crippen LogP contribution < -0.4 is 19.7 Å². The first kappa shape index (κ1) is 17.8. The summed E-state index contributed by atoms with van der Waals surface area (Å²) < 4.78 is 10.5. The highest BCUT2D eigenvalue weighted by atomic mass is 16.5. The van der Waals surface area contributed by atoms with Crippen molar-refractivity contribution in [3.05, 3.63) is 48.2 Å². The molecule has 0 spiro atoms. The Balaban J connectivity index is 1.50. The minimum Gasteiger partial charge on any atom is -0.493 e. The standard InChI is InChI=1S/C19H24N4O3/c1-25-16-7-6-15(13-17(16)26-2)14-21-19(24)23-11-9-22(10-12-23)18-5-3-4-8-20-18/h3-8,13H,9-12,14H2,1-2H3,(H,21,24). The molecule has 1 fully saturated rings. The fraction of sp³-hybridized carbons (Fsp3) is 0.368. The first-order valence-corrected chi connectivity index (χ1v) is 8.61. The zero-order valence-electron chi connectivity index (χ0n) is 15.1. The van der Waals surface area contributed by atoms with Gasteiger partial charge < -0.3 is 24.6 Å². The SMILES string of the molecule is COc1ccc(CNC(=O)N2CCN(c3ccccn3)CC2)cc1OC. The second-order valence-corrected chi connectivity index (χ2v) is 6.01. The number of benzene rings is 1. The Kier molecular flexibility index (Phi) is 5.78. The number of amides is 2. The van der Waals surface area contributed by atoms with Crippen molar-refractivity contribution in [3.8, 4) is 11.5 Å². The second-order valence-electron chi connectivity index (χ2n) is 6.01. The number of pyridine rings is 1. The zero-order valence-corrected chi connectivity index (χ0v) is 15.1. The fourth-order valence-corrected chi connectivity index (χ4v) is 2.96. The maximum absolute atomic E-state index is 12.4. The van der Waals surface area contributed by atoms with Gasteiger partial charge in [0.2, 0.25) is 0 Å². The zero-order chi connectivity index (χ0) is 18.4. The lowest BCUT2D eigenvalue weighted by Gasteiger charge is -2.35. The summed E-state index contributed by atoms with van der Waals surface area (Å²) in [6.07, 6.45) is 1.79. The van der Waals surface area contributed by atoms with Crippen LogP contribution in [0.4, 0.5) is 10.6 Å². The highest BCUT2D eigenvalue weighted by Gasteiger charge is 2.21. The number of carbonyl (C=O) groups is 1. The molecule has 1 aromatic carbocycles. The minimum absolute atomic E-state index is 0.0551. The molecule has 7 heteroatoms. The molecule has 26 heavy (non-hydrogen) atoms. The lowest BCUT2D eigenvalue weighted by Crippen LogP contribution is -2.51. The van der Waals surface area contributed by atoms with Crippen LogP contribution in [-0.2, 0) is 6.54 Å². The molecule has 0 radical (unpaired) electrons. The minimum atomic E-state index is -0.0551. The Hall–Kier alpha value is -2.96. The maximum Gasteiger partial charge on any atom is 0.317 e. The number of hydrogen-bond acceptors (Lipinski definition) is 5. The van der Waals surface area contributed by atoms with Crippen LogP contribution in [-0.4, -0.2) is 56.3 Å². The van der Waals surface area contributed by atoms with E-state index >= 15 is 0 Å². The summed E-state index contributed by atoms with van der Waals surface area (Å²) in [6, 6.07) is 11.4. The molecule has 0 saturated carbocycles. The lowest BCUT2D eigenvalue weighted by molar-refractivity contribution is 0.194. The maximum atomic E-state index is 12.4. The third kappa shape index (κ3) is 4.17. The van der Waals surface area contributed by atoms with Crippen molar-refractivity contribution < 1.29 is 14.3 Å². The Morgan fingerprint density at radius 1 is 1.08 bits per heavy atom. The quantitative estimate of drug-likeness (QED) is 0.889. The van der Waals surface area contributed by atoms with Gasteiger partial charge in [-0.1, -0.05) is 12.1 Å². The molecule has 1 aliphatic rings. The average Bonchev–Trinajstić information content (AvgIpc) is 2.72. The summed E-state index contributed by atoms with van der Waals surface area (Å²) in [5.41, 5.74) is 0.961. The molecule has 2 amide bonds. The monoisotopic (exact) mass is 356 g/mol. The molecule has 1 aromatic heterocycles. The van der Waals surface area contributed by atoms with Crippen molar-refractivity contribution in [2.75, 3.05) is 45.3 Å². The van der Waals surface area contributed by atoms with Gasteiger partial charge in [-0.2, -0.15) is 0 Å². The molecule has 0 atom stereocenters. The number of aromatic nitrogens is 1. The van der Waals surface area contributed by atoms with Crippen molar-refractivity contribution >= 4 is 11.8 Å². The number of urea groups is 1. The van der Waals surface area contributed by atoms with Gasteiger partial charge in [0.05, 0.1) is 14.2 Å². The lowest BCUT2D eigenvalue weighted by atomic mass is 10.2. The summed E-state index contributed by atoms with van der Waals surface area (Å²) in [6.45, 7) is 3.35. The predicted molar refractivity (Wildman–Crippen MR) is 99.8 cm³/mol. The molecule has 7 nitrogen and oxygen atoms in total. The molecule has 0 bridgehead atoms. The van der Waals surface area contributed by atoms with E-state index in [1.807, 2.05) is 41.3 Å². The van der Waals surface area contributed by atoms with Gasteiger partial charge in [0.25, 0.3) is 0 Å². The van der Waals surface area contributed by atoms with Gasteiger partial charge in [0.15, 0.2) is 11.5 Å². The molecule has 1 N–H and O–H groups in total. The van der Waals surface area contributed by atoms with Crippen LogP contribution in [0.3, 0.4) is 0 Å². The topological polar surface area (TPSA) is 66.9 Å². The third-order valence-corrected chi connectivity index (χ3v) is 4.43. The largest absolute Gasteiger partial charge is 0.493 e. The van der Waals surface area contributed by atoms with Gasteiger partial charge >= 0.3 is 6.03 Å². The Morgan fingerprint density at radius 2 is 1.85 bits per heavy atom. The number of nitrogens with zero attached hydrogens (tertiary/aromatic N) is 3. The normalized spacial score (nSPS) is 14.1. The van der Waals surface area contributed by atoms with E-state index in [-0.39, 0.29) is 6.03 Å². The van der Waals surface area contributed by atoms with E-state index in [0.29, 0.717) is 31.1 Å². The number of ether oxygens (including phenoxy) is 2. The third-order valence-electron chi connectivity index (χ3n) is 4.43. The summed E-state index contributed by atoms with van der Waals surface area (Å²) >= 11 is 0. The smallest absolute Gasteiger partial charge is 0.317 e. The number of anilines is 1. The average molecular weight is 356 g/mol. The van der Waals surface area contributed by atoms with Gasteiger partial charge in [0, 0.05) is 38.9 Å². The van der Waals surface area contributed by atoms with E-state index < -0.39 is 0 Å². The highest BCUT2D eigenvalue weighted by Crippen LogP contribution is 2.27. The summed E-state index contributed by atoms with van der Waals surface area (Å²) in [4.78, 5) is 20.8. The van der Waals surface area contributed by atoms with Crippen LogP contribution in [0.1, 0.15) is 5.56 Å². The number of piperazine rings is 1. The van der Waals surface area contributed by atoms with E-state index in [4.69, 9.17) is 9.47 Å². The van der Waals surface area contributed by atoms with Crippen LogP contribution in [0.15, 0.2) is 42.6 Å². The van der Waals surface area contributed by atoms with Gasteiger partial charge in [-0.3, -0.25) is 0 Å². The van der Waals surface area contributed by atoms with Crippen molar-refractivity contribution in [1.82, 2.24) is 15.2 Å². The van der Waals surface area contributed by atoms with Crippen molar-refractivity contribution in [3.63, 3.8) is 0 Å². The highest BCUT2D eigenvalue weighted by molar-refractivity contribution is 5.74. The number of nitrogens with one attached hydrogen (secondary N) is 1. The van der Waals surface area contributed by atoms with Gasteiger partial charge in [0.1, 0.15) is 5.82 Å². The molecule has 2 aromatic rings. The molecular formula is C19H24N4O3. The number of carbonyl (C=O) groups excluding carboxylic acids is 1.